The maximum absolute atomic E-state index is 8.93. The third kappa shape index (κ3) is 1.09. The van der Waals surface area contributed by atoms with Gasteiger partial charge in [-0.3, -0.25) is 0 Å². The Hall–Kier alpha value is -1.75. The molecule has 64 valence electrons. The summed E-state index contributed by atoms with van der Waals surface area (Å²) in [6, 6.07) is 9.80. The fourth-order valence-electron chi connectivity index (χ4n) is 1.47. The van der Waals surface area contributed by atoms with Gasteiger partial charge in [0.2, 0.25) is 0 Å². The molecule has 1 heterocycles. The van der Waals surface area contributed by atoms with Crippen LogP contribution < -0.4 is 0 Å². The Morgan fingerprint density at radius 3 is 2.85 bits per heavy atom. The highest BCUT2D eigenvalue weighted by Gasteiger charge is 2.10. The fraction of sp³-hybridized carbons (Fsp3) is 0.182. The summed E-state index contributed by atoms with van der Waals surface area (Å²) in [4.78, 5) is 0. The summed E-state index contributed by atoms with van der Waals surface area (Å²) in [6.45, 7) is 1.98. The molecule has 0 N–H and O–H groups in total. The van der Waals surface area contributed by atoms with Crippen LogP contribution in [-0.2, 0) is 6.42 Å². The molecule has 0 aliphatic heterocycles. The number of hydrogen-bond donors (Lipinski definition) is 0. The van der Waals surface area contributed by atoms with Gasteiger partial charge in [-0.25, -0.2) is 0 Å². The van der Waals surface area contributed by atoms with E-state index in [2.05, 4.69) is 6.07 Å². The van der Waals surface area contributed by atoms with Gasteiger partial charge in [0.05, 0.1) is 0 Å². The molecule has 1 aromatic heterocycles. The lowest BCUT2D eigenvalue weighted by atomic mass is 10.1. The van der Waals surface area contributed by atoms with Crippen LogP contribution in [0.15, 0.2) is 28.7 Å². The summed E-state index contributed by atoms with van der Waals surface area (Å²) in [6.07, 6.45) is 0.761. The molecular formula is C11H9NO. The van der Waals surface area contributed by atoms with E-state index in [9.17, 15) is 0 Å². The van der Waals surface area contributed by atoms with Crippen molar-refractivity contribution >= 4 is 11.0 Å². The molecule has 0 saturated heterocycles. The molecular weight excluding hydrogens is 162 g/mol. The van der Waals surface area contributed by atoms with Crippen LogP contribution >= 0.6 is 0 Å². The number of furan rings is 1. The number of para-hydroxylation sites is 1. The van der Waals surface area contributed by atoms with Gasteiger partial charge in [0, 0.05) is 11.8 Å². The van der Waals surface area contributed by atoms with Gasteiger partial charge in [-0.2, -0.15) is 5.26 Å². The van der Waals surface area contributed by atoms with E-state index in [0.29, 0.717) is 5.56 Å². The Morgan fingerprint density at radius 2 is 2.15 bits per heavy atom. The van der Waals surface area contributed by atoms with Gasteiger partial charge in [0.15, 0.2) is 0 Å². The van der Waals surface area contributed by atoms with Crippen LogP contribution in [-0.4, -0.2) is 0 Å². The predicted octanol–water partition coefficient (Wildman–Crippen LogP) is 2.87. The number of fused-ring (bicyclic) bond motifs is 1. The quantitative estimate of drug-likeness (QED) is 0.661. The largest absolute Gasteiger partial charge is 0.460 e. The lowest BCUT2D eigenvalue weighted by molar-refractivity contribution is 0.555. The summed E-state index contributed by atoms with van der Waals surface area (Å²) in [7, 11) is 0. The summed E-state index contributed by atoms with van der Waals surface area (Å²) >= 11 is 0. The Kier molecular flexibility index (Phi) is 1.79. The minimum absolute atomic E-state index is 0.679. The van der Waals surface area contributed by atoms with E-state index in [1.54, 1.807) is 0 Å². The van der Waals surface area contributed by atoms with E-state index >= 15 is 0 Å². The van der Waals surface area contributed by atoms with E-state index in [1.807, 2.05) is 31.2 Å². The summed E-state index contributed by atoms with van der Waals surface area (Å²) in [5.74, 6) is 0.781. The zero-order valence-electron chi connectivity index (χ0n) is 7.37. The number of hydrogen-bond acceptors (Lipinski definition) is 2. The van der Waals surface area contributed by atoms with Crippen LogP contribution in [0.3, 0.4) is 0 Å². The van der Waals surface area contributed by atoms with Crippen molar-refractivity contribution in [1.29, 1.82) is 5.26 Å². The molecule has 2 heteroatoms. The molecule has 0 saturated carbocycles. The molecule has 2 rings (SSSR count). The molecule has 0 bridgehead atoms. The van der Waals surface area contributed by atoms with Crippen LogP contribution in [0.25, 0.3) is 11.0 Å². The van der Waals surface area contributed by atoms with Crippen LogP contribution in [0.2, 0.25) is 0 Å². The van der Waals surface area contributed by atoms with Crippen LogP contribution in [0.4, 0.5) is 0 Å². The molecule has 13 heavy (non-hydrogen) atoms. The summed E-state index contributed by atoms with van der Waals surface area (Å²) in [5, 5.41) is 9.84. The van der Waals surface area contributed by atoms with Crippen molar-refractivity contribution in [3.63, 3.8) is 0 Å². The Balaban J connectivity index is 2.83. The number of nitriles is 1. The lowest BCUT2D eigenvalue weighted by Crippen LogP contribution is -1.78. The van der Waals surface area contributed by atoms with Crippen LogP contribution in [0.5, 0.6) is 0 Å². The molecule has 1 aromatic carbocycles. The number of benzene rings is 1. The van der Waals surface area contributed by atoms with Gasteiger partial charge >= 0.3 is 0 Å². The maximum atomic E-state index is 8.93. The second-order valence-corrected chi connectivity index (χ2v) is 2.86. The number of nitrogens with zero attached hydrogens (tertiary/aromatic N) is 1. The monoisotopic (exact) mass is 171 g/mol. The van der Waals surface area contributed by atoms with E-state index in [1.165, 1.54) is 0 Å². The standard InChI is InChI=1S/C11H9NO/c1-2-10-9(7-12)8-5-3-4-6-11(8)13-10/h3-6H,2H2,1H3. The number of rotatable bonds is 1. The molecule has 0 radical (unpaired) electrons. The van der Waals surface area contributed by atoms with E-state index < -0.39 is 0 Å². The van der Waals surface area contributed by atoms with E-state index in [0.717, 1.165) is 23.2 Å². The first kappa shape index (κ1) is 7.88. The van der Waals surface area contributed by atoms with Gasteiger partial charge in [0.25, 0.3) is 0 Å². The zero-order valence-corrected chi connectivity index (χ0v) is 7.37. The highest BCUT2D eigenvalue weighted by Crippen LogP contribution is 2.24. The molecule has 0 amide bonds. The molecule has 2 nitrogen and oxygen atoms in total. The lowest BCUT2D eigenvalue weighted by Gasteiger charge is -1.86. The van der Waals surface area contributed by atoms with Gasteiger partial charge in [-0.1, -0.05) is 19.1 Å². The second-order valence-electron chi connectivity index (χ2n) is 2.86. The van der Waals surface area contributed by atoms with Crippen molar-refractivity contribution in [3.8, 4) is 6.07 Å². The minimum atomic E-state index is 0.679. The average molecular weight is 171 g/mol. The second kappa shape index (κ2) is 2.95. The van der Waals surface area contributed by atoms with Crippen molar-refractivity contribution in [1.82, 2.24) is 0 Å². The first-order valence-electron chi connectivity index (χ1n) is 4.27. The first-order chi connectivity index (χ1) is 6.36. The van der Waals surface area contributed by atoms with Crippen LogP contribution in [0.1, 0.15) is 18.2 Å². The van der Waals surface area contributed by atoms with Crippen molar-refractivity contribution in [2.45, 2.75) is 13.3 Å². The molecule has 0 aliphatic carbocycles. The molecule has 0 fully saturated rings. The summed E-state index contributed by atoms with van der Waals surface area (Å²) < 4.78 is 5.52. The molecule has 0 unspecified atom stereocenters. The summed E-state index contributed by atoms with van der Waals surface area (Å²) in [5.41, 5.74) is 1.48. The van der Waals surface area contributed by atoms with Gasteiger partial charge in [-0.05, 0) is 12.1 Å². The number of aryl methyl sites for hydroxylation is 1. The Bertz CT molecular complexity index is 476. The SMILES string of the molecule is CCc1oc2ccccc2c1C#N. The van der Waals surface area contributed by atoms with Gasteiger partial charge in [0.1, 0.15) is 23.0 Å². The molecule has 0 aliphatic rings. The van der Waals surface area contributed by atoms with E-state index in [4.69, 9.17) is 9.68 Å². The van der Waals surface area contributed by atoms with Crippen molar-refractivity contribution in [3.05, 3.63) is 35.6 Å². The maximum Gasteiger partial charge on any atom is 0.135 e. The predicted molar refractivity (Wildman–Crippen MR) is 50.3 cm³/mol. The zero-order chi connectivity index (χ0) is 9.26. The normalized spacial score (nSPS) is 10.2. The molecule has 2 aromatic rings. The van der Waals surface area contributed by atoms with E-state index in [-0.39, 0.29) is 0 Å². The first-order valence-corrected chi connectivity index (χ1v) is 4.27. The fourth-order valence-corrected chi connectivity index (χ4v) is 1.47. The van der Waals surface area contributed by atoms with Crippen molar-refractivity contribution in [2.24, 2.45) is 0 Å². The topological polar surface area (TPSA) is 36.9 Å². The molecule has 0 spiro atoms. The van der Waals surface area contributed by atoms with Crippen molar-refractivity contribution < 1.29 is 4.42 Å². The molecule has 0 atom stereocenters. The average Bonchev–Trinajstić information content (AvgIpc) is 2.55. The highest BCUT2D eigenvalue weighted by molar-refractivity contribution is 5.84. The van der Waals surface area contributed by atoms with Gasteiger partial charge in [-0.15, -0.1) is 0 Å². The third-order valence-corrected chi connectivity index (χ3v) is 2.10. The van der Waals surface area contributed by atoms with Crippen LogP contribution in [0, 0.1) is 11.3 Å². The van der Waals surface area contributed by atoms with Crippen molar-refractivity contribution in [2.75, 3.05) is 0 Å². The Morgan fingerprint density at radius 1 is 1.38 bits per heavy atom. The minimum Gasteiger partial charge on any atom is -0.460 e. The smallest absolute Gasteiger partial charge is 0.135 e. The Labute approximate surface area is 76.4 Å². The third-order valence-electron chi connectivity index (χ3n) is 2.10. The highest BCUT2D eigenvalue weighted by atomic mass is 16.3. The van der Waals surface area contributed by atoms with Gasteiger partial charge < -0.3 is 4.42 Å².